The average Bonchev–Trinajstić information content (AvgIpc) is 3.46. The van der Waals surface area contributed by atoms with Crippen molar-refractivity contribution >= 4 is 23.5 Å². The molecule has 2 unspecified atom stereocenters. The molecule has 2 bridgehead atoms. The topological polar surface area (TPSA) is 105 Å². The van der Waals surface area contributed by atoms with Crippen molar-refractivity contribution in [3.8, 4) is 0 Å². The molecule has 1 aromatic rings. The summed E-state index contributed by atoms with van der Waals surface area (Å²) in [7, 11) is 0. The third kappa shape index (κ3) is 3.84. The number of hydrogen-bond acceptors (Lipinski definition) is 6. The van der Waals surface area contributed by atoms with Crippen molar-refractivity contribution in [3.63, 3.8) is 0 Å². The van der Waals surface area contributed by atoms with Gasteiger partial charge in [-0.05, 0) is 63.1 Å². The van der Waals surface area contributed by atoms with Crippen LogP contribution in [-0.4, -0.2) is 64.3 Å². The minimum atomic E-state index is -1.15. The first-order chi connectivity index (χ1) is 17.1. The van der Waals surface area contributed by atoms with Gasteiger partial charge in [-0.25, -0.2) is 0 Å². The normalized spacial score (nSPS) is 32.4. The van der Waals surface area contributed by atoms with Crippen LogP contribution in [0.15, 0.2) is 18.2 Å². The van der Waals surface area contributed by atoms with E-state index in [2.05, 4.69) is 5.32 Å². The van der Waals surface area contributed by atoms with Gasteiger partial charge in [-0.1, -0.05) is 39.3 Å². The second-order valence-corrected chi connectivity index (χ2v) is 10.8. The zero-order valence-electron chi connectivity index (χ0n) is 22.3. The monoisotopic (exact) mass is 500 g/mol. The predicted octanol–water partition coefficient (Wildman–Crippen LogP) is 3.37. The van der Waals surface area contributed by atoms with Crippen LogP contribution < -0.4 is 5.32 Å². The molecule has 3 aliphatic heterocycles. The van der Waals surface area contributed by atoms with Gasteiger partial charge in [-0.15, -0.1) is 0 Å². The van der Waals surface area contributed by atoms with Crippen LogP contribution in [0.2, 0.25) is 0 Å². The first-order valence-electron chi connectivity index (χ1n) is 13.3. The number of aliphatic hydroxyl groups excluding tert-OH is 1. The molecule has 0 radical (unpaired) electrons. The number of aryl methyl sites for hydroxylation is 2. The van der Waals surface area contributed by atoms with Gasteiger partial charge in [-0.3, -0.25) is 14.4 Å². The third-order valence-corrected chi connectivity index (χ3v) is 8.90. The lowest BCUT2D eigenvalue weighted by Crippen LogP contribution is -2.57. The van der Waals surface area contributed by atoms with Crippen LogP contribution in [0.25, 0.3) is 0 Å². The Morgan fingerprint density at radius 3 is 2.58 bits per heavy atom. The summed E-state index contributed by atoms with van der Waals surface area (Å²) in [5.41, 5.74) is 0.612. The second-order valence-electron chi connectivity index (χ2n) is 10.8. The van der Waals surface area contributed by atoms with E-state index in [0.717, 1.165) is 17.5 Å². The average molecular weight is 501 g/mol. The summed E-state index contributed by atoms with van der Waals surface area (Å²) in [5, 5.41) is 13.5. The third-order valence-electron chi connectivity index (χ3n) is 8.90. The Morgan fingerprint density at radius 2 is 1.97 bits per heavy atom. The summed E-state index contributed by atoms with van der Waals surface area (Å²) in [5.74, 6) is -2.75. The molecule has 1 spiro atoms. The van der Waals surface area contributed by atoms with Crippen molar-refractivity contribution < 1.29 is 29.0 Å². The zero-order valence-corrected chi connectivity index (χ0v) is 22.3. The van der Waals surface area contributed by atoms with E-state index < -0.39 is 41.1 Å². The number of anilines is 1. The number of rotatable bonds is 9. The molecule has 2 amide bonds. The van der Waals surface area contributed by atoms with Crippen LogP contribution in [0.4, 0.5) is 5.69 Å². The molecule has 2 N–H and O–H groups in total. The predicted molar refractivity (Wildman–Crippen MR) is 135 cm³/mol. The summed E-state index contributed by atoms with van der Waals surface area (Å²) in [4.78, 5) is 43.1. The van der Waals surface area contributed by atoms with Gasteiger partial charge in [0.25, 0.3) is 0 Å². The molecule has 3 saturated heterocycles. The molecular weight excluding hydrogens is 460 g/mol. The number of carbonyl (C=O) groups excluding carboxylic acids is 3. The largest absolute Gasteiger partial charge is 0.466 e. The number of nitrogens with one attached hydrogen (secondary N) is 1. The van der Waals surface area contributed by atoms with Crippen LogP contribution in [0, 0.1) is 31.6 Å². The molecule has 0 saturated carbocycles. The summed E-state index contributed by atoms with van der Waals surface area (Å²) < 4.78 is 12.2. The highest BCUT2D eigenvalue weighted by Gasteiger charge is 2.79. The van der Waals surface area contributed by atoms with E-state index in [-0.39, 0.29) is 30.9 Å². The Hall–Kier alpha value is -2.45. The van der Waals surface area contributed by atoms with Gasteiger partial charge in [0, 0.05) is 5.69 Å². The van der Waals surface area contributed by atoms with Gasteiger partial charge in [0.15, 0.2) is 0 Å². The minimum Gasteiger partial charge on any atom is -0.466 e. The Bertz CT molecular complexity index is 1040. The summed E-state index contributed by atoms with van der Waals surface area (Å²) >= 11 is 0. The fourth-order valence-corrected chi connectivity index (χ4v) is 6.79. The van der Waals surface area contributed by atoms with Gasteiger partial charge in [0.05, 0.1) is 30.8 Å². The first kappa shape index (κ1) is 26.6. The number of ether oxygens (including phenoxy) is 2. The van der Waals surface area contributed by atoms with Crippen molar-refractivity contribution in [2.45, 2.75) is 90.5 Å². The molecule has 198 valence electrons. The smallest absolute Gasteiger partial charge is 0.312 e. The number of amides is 2. The van der Waals surface area contributed by atoms with Gasteiger partial charge in [0.2, 0.25) is 11.8 Å². The second kappa shape index (κ2) is 9.78. The highest BCUT2D eigenvalue weighted by Crippen LogP contribution is 2.65. The molecule has 1 aromatic carbocycles. The molecular formula is C28H40N2O6. The lowest BCUT2D eigenvalue weighted by Gasteiger charge is -2.39. The van der Waals surface area contributed by atoms with E-state index in [1.165, 1.54) is 4.90 Å². The van der Waals surface area contributed by atoms with Gasteiger partial charge >= 0.3 is 5.97 Å². The SMILES string of the molecule is CCOC(=O)[C@@H]1[C@H]2C(=O)N([C@@H](CO)[C@@H](C)CC)C(C(=O)Nc3cc(C)ccc3C)C23CC[C@@]1(CC)O3. The van der Waals surface area contributed by atoms with E-state index in [1.807, 2.05) is 52.8 Å². The minimum absolute atomic E-state index is 0.0523. The van der Waals surface area contributed by atoms with E-state index in [0.29, 0.717) is 24.9 Å². The van der Waals surface area contributed by atoms with Gasteiger partial charge < -0.3 is 24.8 Å². The van der Waals surface area contributed by atoms with Crippen molar-refractivity contribution in [1.29, 1.82) is 0 Å². The molecule has 8 heteroatoms. The van der Waals surface area contributed by atoms with E-state index in [1.54, 1.807) is 6.92 Å². The number of aliphatic hydroxyl groups is 1. The Morgan fingerprint density at radius 1 is 1.25 bits per heavy atom. The van der Waals surface area contributed by atoms with Crippen LogP contribution in [0.3, 0.4) is 0 Å². The number of fused-ring (bicyclic) bond motifs is 1. The van der Waals surface area contributed by atoms with Crippen LogP contribution >= 0.6 is 0 Å². The Labute approximate surface area is 213 Å². The first-order valence-corrected chi connectivity index (χ1v) is 13.3. The molecule has 7 atom stereocenters. The molecule has 0 aliphatic carbocycles. The summed E-state index contributed by atoms with van der Waals surface area (Å²) in [6.07, 6.45) is 2.33. The van der Waals surface area contributed by atoms with Crippen molar-refractivity contribution in [2.75, 3.05) is 18.5 Å². The van der Waals surface area contributed by atoms with Crippen LogP contribution in [0.5, 0.6) is 0 Å². The fraction of sp³-hybridized carbons (Fsp3) is 0.679. The molecule has 4 rings (SSSR count). The molecule has 3 fully saturated rings. The number of likely N-dealkylation sites (tertiary alicyclic amines) is 1. The van der Waals surface area contributed by atoms with E-state index >= 15 is 0 Å². The maximum Gasteiger partial charge on any atom is 0.312 e. The van der Waals surface area contributed by atoms with Crippen LogP contribution in [-0.2, 0) is 23.9 Å². The van der Waals surface area contributed by atoms with Crippen LogP contribution in [0.1, 0.15) is 64.5 Å². The number of esters is 1. The molecule has 3 aliphatic rings. The van der Waals surface area contributed by atoms with Gasteiger partial charge in [-0.2, -0.15) is 0 Å². The lowest BCUT2D eigenvalue weighted by atomic mass is 9.65. The number of benzene rings is 1. The lowest BCUT2D eigenvalue weighted by molar-refractivity contribution is -0.162. The maximum atomic E-state index is 14.2. The van der Waals surface area contributed by atoms with E-state index in [9.17, 15) is 19.5 Å². The highest BCUT2D eigenvalue weighted by molar-refractivity contribution is 6.04. The zero-order chi connectivity index (χ0) is 26.4. The Kier molecular flexibility index (Phi) is 7.23. The summed E-state index contributed by atoms with van der Waals surface area (Å²) in [6, 6.07) is 4.30. The Balaban J connectivity index is 1.83. The van der Waals surface area contributed by atoms with E-state index in [4.69, 9.17) is 9.47 Å². The van der Waals surface area contributed by atoms with Crippen molar-refractivity contribution in [3.05, 3.63) is 29.3 Å². The molecule has 36 heavy (non-hydrogen) atoms. The van der Waals surface area contributed by atoms with Crippen molar-refractivity contribution in [2.24, 2.45) is 17.8 Å². The number of nitrogens with zero attached hydrogens (tertiary/aromatic N) is 1. The van der Waals surface area contributed by atoms with Gasteiger partial charge in [0.1, 0.15) is 17.6 Å². The summed E-state index contributed by atoms with van der Waals surface area (Å²) in [6.45, 7) is 11.5. The number of hydrogen-bond donors (Lipinski definition) is 2. The quantitative estimate of drug-likeness (QED) is 0.504. The molecule has 3 heterocycles. The van der Waals surface area contributed by atoms with Crippen molar-refractivity contribution in [1.82, 2.24) is 4.90 Å². The molecule has 8 nitrogen and oxygen atoms in total. The maximum absolute atomic E-state index is 14.2. The molecule has 0 aromatic heterocycles. The number of carbonyl (C=O) groups is 3. The fourth-order valence-electron chi connectivity index (χ4n) is 6.79. The standard InChI is InChI=1S/C28H40N2O6/c1-7-17(5)20(15-31)30-23(24(32)29-19-14-16(4)10-11-18(19)6)28-13-12-27(8-2,36-28)22(21(28)25(30)33)26(34)35-9-3/h10-11,14,17,20-23,31H,7-9,12-13,15H2,1-6H3,(H,29,32)/t17-,20-,21-,22-,23?,27+,28?/m0/s1. The highest BCUT2D eigenvalue weighted by atomic mass is 16.6.